The van der Waals surface area contributed by atoms with Crippen LogP contribution in [0.15, 0.2) is 33.8 Å². The lowest BCUT2D eigenvalue weighted by Crippen LogP contribution is -2.06. The zero-order valence-corrected chi connectivity index (χ0v) is 16.4. The van der Waals surface area contributed by atoms with Gasteiger partial charge in [0.05, 0.1) is 10.3 Å². The summed E-state index contributed by atoms with van der Waals surface area (Å²) >= 11 is 7.89. The van der Waals surface area contributed by atoms with Gasteiger partial charge in [0.1, 0.15) is 0 Å². The molecule has 1 atom stereocenters. The van der Waals surface area contributed by atoms with Gasteiger partial charge in [-0.2, -0.15) is 0 Å². The van der Waals surface area contributed by atoms with Crippen molar-refractivity contribution >= 4 is 23.4 Å². The van der Waals surface area contributed by atoms with Crippen LogP contribution in [-0.4, -0.2) is 38.7 Å². The van der Waals surface area contributed by atoms with Gasteiger partial charge in [-0.3, -0.25) is 0 Å². The molecule has 9 heteroatoms. The monoisotopic (exact) mass is 393 g/mol. The highest BCUT2D eigenvalue weighted by Gasteiger charge is 2.21. The fourth-order valence-corrected chi connectivity index (χ4v) is 3.60. The van der Waals surface area contributed by atoms with Crippen LogP contribution in [0.2, 0.25) is 5.02 Å². The van der Waals surface area contributed by atoms with E-state index < -0.39 is 0 Å². The lowest BCUT2D eigenvalue weighted by Gasteiger charge is -2.12. The van der Waals surface area contributed by atoms with Gasteiger partial charge >= 0.3 is 0 Å². The van der Waals surface area contributed by atoms with Crippen molar-refractivity contribution < 1.29 is 9.15 Å². The molecule has 138 valence electrons. The third-order valence-corrected chi connectivity index (χ3v) is 5.13. The summed E-state index contributed by atoms with van der Waals surface area (Å²) in [4.78, 5) is 0. The van der Waals surface area contributed by atoms with Gasteiger partial charge in [-0.25, -0.2) is 0 Å². The molecule has 26 heavy (non-hydrogen) atoms. The van der Waals surface area contributed by atoms with Crippen molar-refractivity contribution in [1.29, 1.82) is 0 Å². The maximum Gasteiger partial charge on any atom is 0.229 e. The Balaban J connectivity index is 1.90. The van der Waals surface area contributed by atoms with E-state index in [2.05, 4.69) is 25.0 Å². The molecule has 2 aromatic heterocycles. The van der Waals surface area contributed by atoms with Gasteiger partial charge in [0, 0.05) is 32.7 Å². The summed E-state index contributed by atoms with van der Waals surface area (Å²) in [5.74, 6) is 1.85. The second-order valence-corrected chi connectivity index (χ2v) is 7.42. The first-order chi connectivity index (χ1) is 12.6. The van der Waals surface area contributed by atoms with Crippen LogP contribution in [0, 0.1) is 6.92 Å². The minimum absolute atomic E-state index is 0.0410. The molecule has 0 radical (unpaired) electrons. The van der Waals surface area contributed by atoms with E-state index in [1.54, 1.807) is 14.0 Å². The topological polar surface area (TPSA) is 78.9 Å². The first-order valence-corrected chi connectivity index (χ1v) is 9.49. The number of benzene rings is 1. The fourth-order valence-electron chi connectivity index (χ4n) is 2.47. The maximum absolute atomic E-state index is 6.36. The van der Waals surface area contributed by atoms with E-state index in [1.165, 1.54) is 11.8 Å². The number of hydrogen-bond acceptors (Lipinski definition) is 7. The lowest BCUT2D eigenvalue weighted by atomic mass is 10.2. The second-order valence-electron chi connectivity index (χ2n) is 5.70. The Labute approximate surface area is 161 Å². The predicted octanol–water partition coefficient (Wildman–Crippen LogP) is 4.18. The van der Waals surface area contributed by atoms with Crippen molar-refractivity contribution in [2.24, 2.45) is 0 Å². The zero-order valence-electron chi connectivity index (χ0n) is 14.8. The van der Waals surface area contributed by atoms with Crippen LogP contribution in [-0.2, 0) is 11.3 Å². The van der Waals surface area contributed by atoms with Crippen LogP contribution >= 0.6 is 23.4 Å². The molecule has 0 saturated carbocycles. The number of hydrogen-bond donors (Lipinski definition) is 0. The predicted molar refractivity (Wildman–Crippen MR) is 100 cm³/mol. The molecule has 3 rings (SSSR count). The highest BCUT2D eigenvalue weighted by atomic mass is 35.5. The summed E-state index contributed by atoms with van der Waals surface area (Å²) in [5, 5.41) is 18.1. The third-order valence-electron chi connectivity index (χ3n) is 3.73. The van der Waals surface area contributed by atoms with Gasteiger partial charge in [-0.15, -0.1) is 20.4 Å². The van der Waals surface area contributed by atoms with Crippen LogP contribution in [0.25, 0.3) is 11.4 Å². The quantitative estimate of drug-likeness (QED) is 0.419. The molecule has 0 spiro atoms. The number of methoxy groups -OCH3 is 1. The van der Waals surface area contributed by atoms with E-state index in [4.69, 9.17) is 20.8 Å². The standard InChI is InChI=1S/C17H20ClN5O2S/c1-11(16-21-19-12(2)25-16)26-17-22-20-15(23(17)9-6-10-24-3)13-7-4-5-8-14(13)18/h4-5,7-8,11H,6,9-10H2,1-3H3/t11-/m1/s1. The summed E-state index contributed by atoms with van der Waals surface area (Å²) in [6.45, 7) is 5.15. The molecule has 1 aromatic carbocycles. The minimum Gasteiger partial charge on any atom is -0.424 e. The van der Waals surface area contributed by atoms with Gasteiger partial charge in [-0.1, -0.05) is 35.5 Å². The summed E-state index contributed by atoms with van der Waals surface area (Å²) in [6.07, 6.45) is 0.841. The molecule has 0 saturated heterocycles. The van der Waals surface area contributed by atoms with Crippen LogP contribution < -0.4 is 0 Å². The summed E-state index contributed by atoms with van der Waals surface area (Å²) in [6, 6.07) is 7.62. The molecule has 0 N–H and O–H groups in total. The number of aromatic nitrogens is 5. The van der Waals surface area contributed by atoms with Crippen LogP contribution in [0.3, 0.4) is 0 Å². The molecule has 0 unspecified atom stereocenters. The van der Waals surface area contributed by atoms with Crippen molar-refractivity contribution in [3.63, 3.8) is 0 Å². The number of thioether (sulfide) groups is 1. The molecule has 2 heterocycles. The number of aryl methyl sites for hydroxylation is 1. The molecular weight excluding hydrogens is 374 g/mol. The Kier molecular flexibility index (Phi) is 6.29. The van der Waals surface area contributed by atoms with Crippen LogP contribution in [0.5, 0.6) is 0 Å². The smallest absolute Gasteiger partial charge is 0.229 e. The van der Waals surface area contributed by atoms with E-state index in [0.29, 0.717) is 23.4 Å². The fraction of sp³-hybridized carbons (Fsp3) is 0.412. The minimum atomic E-state index is -0.0410. The van der Waals surface area contributed by atoms with E-state index in [0.717, 1.165) is 29.5 Å². The Bertz CT molecular complexity index is 866. The summed E-state index contributed by atoms with van der Waals surface area (Å²) in [5.41, 5.74) is 0.854. The number of ether oxygens (including phenoxy) is 1. The Morgan fingerprint density at radius 1 is 1.23 bits per heavy atom. The average Bonchev–Trinajstić information content (AvgIpc) is 3.23. The van der Waals surface area contributed by atoms with Gasteiger partial charge < -0.3 is 13.7 Å². The first kappa shape index (κ1) is 18.9. The molecule has 0 fully saturated rings. The van der Waals surface area contributed by atoms with Gasteiger partial charge in [0.15, 0.2) is 11.0 Å². The van der Waals surface area contributed by atoms with Crippen molar-refractivity contribution in [3.05, 3.63) is 41.1 Å². The summed E-state index contributed by atoms with van der Waals surface area (Å²) in [7, 11) is 1.69. The molecule has 0 aliphatic rings. The molecule has 0 bridgehead atoms. The van der Waals surface area contributed by atoms with Crippen LogP contribution in [0.1, 0.15) is 30.4 Å². The SMILES string of the molecule is COCCCn1c(S[C@H](C)c2nnc(C)o2)nnc1-c1ccccc1Cl. The van der Waals surface area contributed by atoms with Gasteiger partial charge in [0.25, 0.3) is 0 Å². The Morgan fingerprint density at radius 2 is 2.04 bits per heavy atom. The molecule has 7 nitrogen and oxygen atoms in total. The number of nitrogens with zero attached hydrogens (tertiary/aromatic N) is 5. The van der Waals surface area contributed by atoms with Crippen LogP contribution in [0.4, 0.5) is 0 Å². The van der Waals surface area contributed by atoms with E-state index >= 15 is 0 Å². The molecule has 0 aliphatic heterocycles. The average molecular weight is 394 g/mol. The molecule has 0 aliphatic carbocycles. The van der Waals surface area contributed by atoms with Crippen molar-refractivity contribution in [3.8, 4) is 11.4 Å². The highest BCUT2D eigenvalue weighted by Crippen LogP contribution is 2.36. The lowest BCUT2D eigenvalue weighted by molar-refractivity contribution is 0.189. The Hall–Kier alpha value is -1.90. The second kappa shape index (κ2) is 8.66. The largest absolute Gasteiger partial charge is 0.424 e. The molecule has 3 aromatic rings. The maximum atomic E-state index is 6.36. The molecule has 0 amide bonds. The number of rotatable bonds is 8. The number of halogens is 1. The summed E-state index contributed by atoms with van der Waals surface area (Å²) < 4.78 is 12.8. The zero-order chi connectivity index (χ0) is 18.5. The van der Waals surface area contributed by atoms with Crippen molar-refractivity contribution in [2.45, 2.75) is 37.2 Å². The first-order valence-electron chi connectivity index (χ1n) is 8.24. The van der Waals surface area contributed by atoms with Gasteiger partial charge in [-0.05, 0) is 25.5 Å². The van der Waals surface area contributed by atoms with Crippen molar-refractivity contribution in [2.75, 3.05) is 13.7 Å². The normalized spacial score (nSPS) is 12.5. The highest BCUT2D eigenvalue weighted by molar-refractivity contribution is 7.99. The van der Waals surface area contributed by atoms with Gasteiger partial charge in [0.2, 0.25) is 11.8 Å². The molecular formula is C17H20ClN5O2S. The third kappa shape index (κ3) is 4.25. The van der Waals surface area contributed by atoms with E-state index in [-0.39, 0.29) is 5.25 Å². The van der Waals surface area contributed by atoms with E-state index in [1.807, 2.05) is 31.2 Å². The Morgan fingerprint density at radius 3 is 2.73 bits per heavy atom. The van der Waals surface area contributed by atoms with E-state index in [9.17, 15) is 0 Å². The van der Waals surface area contributed by atoms with Crippen molar-refractivity contribution in [1.82, 2.24) is 25.0 Å².